The van der Waals surface area contributed by atoms with E-state index in [1.54, 1.807) is 6.07 Å². The molecular formula is C10H14FN3O. The number of hydrogen-bond donors (Lipinski definition) is 3. The second-order valence-corrected chi connectivity index (χ2v) is 3.27. The Morgan fingerprint density at radius 3 is 2.73 bits per heavy atom. The maximum Gasteiger partial charge on any atom is 0.217 e. The summed E-state index contributed by atoms with van der Waals surface area (Å²) in [6.45, 7) is 0.561. The van der Waals surface area contributed by atoms with E-state index in [2.05, 4.69) is 5.32 Å². The Bertz CT molecular complexity index is 334. The van der Waals surface area contributed by atoms with Crippen LogP contribution in [0.1, 0.15) is 12.8 Å². The second-order valence-electron chi connectivity index (χ2n) is 3.27. The first-order chi connectivity index (χ1) is 7.08. The molecule has 0 bridgehead atoms. The Kier molecular flexibility index (Phi) is 3.91. The predicted octanol–water partition coefficient (Wildman–Crippen LogP) is 1.09. The van der Waals surface area contributed by atoms with Gasteiger partial charge in [-0.15, -0.1) is 0 Å². The third-order valence-electron chi connectivity index (χ3n) is 1.85. The van der Waals surface area contributed by atoms with Crippen LogP contribution in [0.2, 0.25) is 0 Å². The number of nitrogens with one attached hydrogen (secondary N) is 1. The number of nitrogen functional groups attached to an aromatic ring is 1. The fourth-order valence-corrected chi connectivity index (χ4v) is 1.21. The van der Waals surface area contributed by atoms with Gasteiger partial charge in [0.15, 0.2) is 0 Å². The molecule has 0 unspecified atom stereocenters. The molecule has 0 aliphatic rings. The first kappa shape index (κ1) is 11.3. The first-order valence-corrected chi connectivity index (χ1v) is 4.66. The first-order valence-electron chi connectivity index (χ1n) is 4.66. The molecule has 4 nitrogen and oxygen atoms in total. The van der Waals surface area contributed by atoms with Crippen molar-refractivity contribution in [1.29, 1.82) is 0 Å². The van der Waals surface area contributed by atoms with Crippen LogP contribution in [0, 0.1) is 5.82 Å². The van der Waals surface area contributed by atoms with Crippen LogP contribution in [0.25, 0.3) is 0 Å². The molecule has 1 rings (SSSR count). The number of halogens is 1. The van der Waals surface area contributed by atoms with E-state index in [4.69, 9.17) is 11.5 Å². The lowest BCUT2D eigenvalue weighted by molar-refractivity contribution is -0.118. The Labute approximate surface area is 87.4 Å². The van der Waals surface area contributed by atoms with Gasteiger partial charge in [0.25, 0.3) is 0 Å². The Hall–Kier alpha value is -1.78. The maximum atomic E-state index is 12.9. The molecule has 0 saturated heterocycles. The molecule has 0 spiro atoms. The second kappa shape index (κ2) is 5.19. The summed E-state index contributed by atoms with van der Waals surface area (Å²) >= 11 is 0. The van der Waals surface area contributed by atoms with Crippen LogP contribution in [-0.2, 0) is 4.79 Å². The maximum absolute atomic E-state index is 12.9. The van der Waals surface area contributed by atoms with Gasteiger partial charge < -0.3 is 16.8 Å². The van der Waals surface area contributed by atoms with Crippen molar-refractivity contribution in [2.75, 3.05) is 17.6 Å². The van der Waals surface area contributed by atoms with Gasteiger partial charge in [0.1, 0.15) is 5.82 Å². The highest BCUT2D eigenvalue weighted by atomic mass is 19.1. The lowest BCUT2D eigenvalue weighted by Gasteiger charge is -2.06. The molecule has 0 heterocycles. The summed E-state index contributed by atoms with van der Waals surface area (Å²) in [7, 11) is 0. The van der Waals surface area contributed by atoms with Crippen molar-refractivity contribution in [3.05, 3.63) is 24.0 Å². The number of nitrogens with two attached hydrogens (primary N) is 2. The molecule has 0 atom stereocenters. The van der Waals surface area contributed by atoms with Crippen LogP contribution in [0.4, 0.5) is 15.8 Å². The molecule has 0 radical (unpaired) electrons. The number of rotatable bonds is 5. The van der Waals surface area contributed by atoms with Gasteiger partial charge in [-0.05, 0) is 24.6 Å². The van der Waals surface area contributed by atoms with Crippen LogP contribution in [0.5, 0.6) is 0 Å². The van der Waals surface area contributed by atoms with Crippen molar-refractivity contribution < 1.29 is 9.18 Å². The van der Waals surface area contributed by atoms with Gasteiger partial charge in [0.05, 0.1) is 0 Å². The highest BCUT2D eigenvalue weighted by molar-refractivity contribution is 5.73. The zero-order valence-electron chi connectivity index (χ0n) is 8.29. The zero-order valence-corrected chi connectivity index (χ0v) is 8.29. The van der Waals surface area contributed by atoms with E-state index in [-0.39, 0.29) is 11.7 Å². The topological polar surface area (TPSA) is 81.1 Å². The monoisotopic (exact) mass is 211 g/mol. The summed E-state index contributed by atoms with van der Waals surface area (Å²) in [6.07, 6.45) is 0.934. The van der Waals surface area contributed by atoms with Crippen molar-refractivity contribution in [3.63, 3.8) is 0 Å². The molecule has 0 aliphatic carbocycles. The van der Waals surface area contributed by atoms with Gasteiger partial charge >= 0.3 is 0 Å². The number of carbonyl (C=O) groups excluding carboxylic acids is 1. The van der Waals surface area contributed by atoms with E-state index in [0.717, 1.165) is 0 Å². The largest absolute Gasteiger partial charge is 0.399 e. The quantitative estimate of drug-likeness (QED) is 0.503. The van der Waals surface area contributed by atoms with Crippen LogP contribution < -0.4 is 16.8 Å². The molecule has 0 aromatic heterocycles. The standard InChI is InChI=1S/C10H14FN3O/c11-7-4-8(12)6-9(5-7)14-3-1-2-10(13)15/h4-6,14H,1-3,12H2,(H2,13,15). The molecule has 0 fully saturated rings. The van der Waals surface area contributed by atoms with E-state index in [0.29, 0.717) is 30.8 Å². The number of benzene rings is 1. The summed E-state index contributed by atoms with van der Waals surface area (Å²) in [6, 6.07) is 4.22. The highest BCUT2D eigenvalue weighted by Crippen LogP contribution is 2.15. The van der Waals surface area contributed by atoms with E-state index in [1.165, 1.54) is 12.1 Å². The van der Waals surface area contributed by atoms with Gasteiger partial charge in [0.2, 0.25) is 5.91 Å². The average Bonchev–Trinajstić information content (AvgIpc) is 2.10. The average molecular weight is 211 g/mol. The van der Waals surface area contributed by atoms with Crippen molar-refractivity contribution in [2.24, 2.45) is 5.73 Å². The minimum Gasteiger partial charge on any atom is -0.399 e. The van der Waals surface area contributed by atoms with Crippen LogP contribution in [-0.4, -0.2) is 12.5 Å². The molecule has 1 amide bonds. The van der Waals surface area contributed by atoms with E-state index >= 15 is 0 Å². The van der Waals surface area contributed by atoms with Gasteiger partial charge in [-0.1, -0.05) is 0 Å². The van der Waals surface area contributed by atoms with Gasteiger partial charge in [-0.2, -0.15) is 0 Å². The minimum atomic E-state index is -0.382. The fraction of sp³-hybridized carbons (Fsp3) is 0.300. The van der Waals surface area contributed by atoms with Crippen molar-refractivity contribution >= 4 is 17.3 Å². The molecule has 1 aromatic carbocycles. The van der Waals surface area contributed by atoms with E-state index < -0.39 is 0 Å². The number of amides is 1. The lowest BCUT2D eigenvalue weighted by Crippen LogP contribution is -2.12. The summed E-state index contributed by atoms with van der Waals surface area (Å²) < 4.78 is 12.9. The van der Waals surface area contributed by atoms with Gasteiger partial charge in [-0.3, -0.25) is 4.79 Å². The molecule has 5 heteroatoms. The molecule has 5 N–H and O–H groups in total. The summed E-state index contributed by atoms with van der Waals surface area (Å²) in [5, 5.41) is 2.95. The van der Waals surface area contributed by atoms with Crippen LogP contribution in [0.3, 0.4) is 0 Å². The number of hydrogen-bond acceptors (Lipinski definition) is 3. The zero-order chi connectivity index (χ0) is 11.3. The smallest absolute Gasteiger partial charge is 0.217 e. The third-order valence-corrected chi connectivity index (χ3v) is 1.85. The molecule has 0 aliphatic heterocycles. The number of primary amides is 1. The highest BCUT2D eigenvalue weighted by Gasteiger charge is 1.98. The van der Waals surface area contributed by atoms with Crippen LogP contribution >= 0.6 is 0 Å². The third kappa shape index (κ3) is 4.30. The van der Waals surface area contributed by atoms with Crippen molar-refractivity contribution in [1.82, 2.24) is 0 Å². The van der Waals surface area contributed by atoms with Gasteiger partial charge in [0, 0.05) is 24.3 Å². The SMILES string of the molecule is NC(=O)CCCNc1cc(N)cc(F)c1. The molecule has 1 aromatic rings. The van der Waals surface area contributed by atoms with E-state index in [9.17, 15) is 9.18 Å². The number of carbonyl (C=O) groups is 1. The normalized spacial score (nSPS) is 9.93. The van der Waals surface area contributed by atoms with Crippen LogP contribution in [0.15, 0.2) is 18.2 Å². The summed E-state index contributed by atoms with van der Waals surface area (Å²) in [4.78, 5) is 10.4. The predicted molar refractivity (Wildman–Crippen MR) is 57.7 cm³/mol. The fourth-order valence-electron chi connectivity index (χ4n) is 1.21. The summed E-state index contributed by atoms with van der Waals surface area (Å²) in [5.41, 5.74) is 11.4. The Morgan fingerprint density at radius 2 is 2.13 bits per heavy atom. The lowest BCUT2D eigenvalue weighted by atomic mass is 10.2. The molecule has 82 valence electrons. The molecule has 15 heavy (non-hydrogen) atoms. The van der Waals surface area contributed by atoms with E-state index in [1.807, 2.05) is 0 Å². The Balaban J connectivity index is 2.40. The Morgan fingerprint density at radius 1 is 1.40 bits per heavy atom. The number of anilines is 2. The van der Waals surface area contributed by atoms with Gasteiger partial charge in [-0.25, -0.2) is 4.39 Å². The van der Waals surface area contributed by atoms with Crippen molar-refractivity contribution in [2.45, 2.75) is 12.8 Å². The van der Waals surface area contributed by atoms with Crippen molar-refractivity contribution in [3.8, 4) is 0 Å². The molecule has 0 saturated carbocycles. The summed E-state index contributed by atoms with van der Waals surface area (Å²) in [5.74, 6) is -0.719. The minimum absolute atomic E-state index is 0.317. The molecular weight excluding hydrogens is 197 g/mol.